The summed E-state index contributed by atoms with van der Waals surface area (Å²) in [5.74, 6) is 1.11. The number of fused-ring (bicyclic) bond motifs is 1. The second-order valence-corrected chi connectivity index (χ2v) is 9.11. The van der Waals surface area contributed by atoms with Crippen molar-refractivity contribution < 1.29 is 17.9 Å². The molecule has 7 heteroatoms. The predicted octanol–water partition coefficient (Wildman–Crippen LogP) is 3.78. The lowest BCUT2D eigenvalue weighted by atomic mass is 10.1. The molecular formula is C22H24N2O4S. The molecule has 0 amide bonds. The van der Waals surface area contributed by atoms with Gasteiger partial charge in [-0.2, -0.15) is 4.31 Å². The number of piperidine rings is 1. The van der Waals surface area contributed by atoms with Crippen molar-refractivity contribution in [1.29, 1.82) is 0 Å². The van der Waals surface area contributed by atoms with Crippen LogP contribution in [0, 0.1) is 6.92 Å². The summed E-state index contributed by atoms with van der Waals surface area (Å²) >= 11 is 0. The molecule has 1 fully saturated rings. The van der Waals surface area contributed by atoms with Crippen LogP contribution in [0.3, 0.4) is 0 Å². The van der Waals surface area contributed by atoms with Crippen LogP contribution in [0.2, 0.25) is 0 Å². The van der Waals surface area contributed by atoms with Gasteiger partial charge in [0.15, 0.2) is 0 Å². The van der Waals surface area contributed by atoms with Gasteiger partial charge in [-0.25, -0.2) is 8.42 Å². The quantitative estimate of drug-likeness (QED) is 0.638. The van der Waals surface area contributed by atoms with Gasteiger partial charge in [0.05, 0.1) is 7.11 Å². The van der Waals surface area contributed by atoms with Crippen LogP contribution in [-0.2, 0) is 10.0 Å². The van der Waals surface area contributed by atoms with E-state index < -0.39 is 10.0 Å². The Hall–Kier alpha value is -2.64. The van der Waals surface area contributed by atoms with Crippen LogP contribution in [0.1, 0.15) is 18.4 Å². The van der Waals surface area contributed by atoms with Gasteiger partial charge in [-0.1, -0.05) is 24.3 Å². The lowest BCUT2D eigenvalue weighted by Crippen LogP contribution is -2.41. The van der Waals surface area contributed by atoms with Crippen LogP contribution in [0.15, 0.2) is 59.6 Å². The second-order valence-electron chi connectivity index (χ2n) is 7.21. The minimum absolute atomic E-state index is 0.0477. The third-order valence-corrected chi connectivity index (χ3v) is 7.15. The summed E-state index contributed by atoms with van der Waals surface area (Å²) in [5, 5.41) is 1.02. The van der Waals surface area contributed by atoms with Crippen molar-refractivity contribution in [2.24, 2.45) is 0 Å². The second kappa shape index (κ2) is 8.00. The number of sulfonamides is 1. The largest absolute Gasteiger partial charge is 0.495 e. The third kappa shape index (κ3) is 3.93. The molecule has 0 radical (unpaired) electrons. The molecule has 0 unspecified atom stereocenters. The number of ether oxygens (including phenoxy) is 2. The number of para-hydroxylation sites is 1. The van der Waals surface area contributed by atoms with Crippen LogP contribution >= 0.6 is 0 Å². The van der Waals surface area contributed by atoms with E-state index in [1.165, 1.54) is 11.4 Å². The summed E-state index contributed by atoms with van der Waals surface area (Å²) in [6, 6.07) is 15.0. The lowest BCUT2D eigenvalue weighted by molar-refractivity contribution is 0.136. The molecule has 0 saturated carbocycles. The molecule has 0 atom stereocenters. The first-order valence-electron chi connectivity index (χ1n) is 9.64. The van der Waals surface area contributed by atoms with E-state index in [4.69, 9.17) is 9.47 Å². The fraction of sp³-hybridized carbons (Fsp3) is 0.318. The lowest BCUT2D eigenvalue weighted by Gasteiger charge is -2.32. The van der Waals surface area contributed by atoms with Crippen molar-refractivity contribution in [3.8, 4) is 11.5 Å². The third-order valence-electron chi connectivity index (χ3n) is 5.23. The standard InChI is InChI=1S/C22H24N2O4S/c1-16-8-9-19(27-2)21(15-16)29(25,26)24-13-10-18(11-14-24)28-20-7-3-5-17-6-4-12-23-22(17)20/h3-9,12,15,18H,10-11,13-14H2,1-2H3. The van der Waals surface area contributed by atoms with Gasteiger partial charge in [0, 0.05) is 24.7 Å². The molecule has 152 valence electrons. The van der Waals surface area contributed by atoms with E-state index in [0.717, 1.165) is 22.2 Å². The first-order valence-corrected chi connectivity index (χ1v) is 11.1. The van der Waals surface area contributed by atoms with E-state index in [2.05, 4.69) is 4.98 Å². The van der Waals surface area contributed by atoms with Crippen LogP contribution < -0.4 is 9.47 Å². The highest BCUT2D eigenvalue weighted by Gasteiger charge is 2.32. The molecule has 1 saturated heterocycles. The van der Waals surface area contributed by atoms with E-state index in [1.54, 1.807) is 18.3 Å². The SMILES string of the molecule is COc1ccc(C)cc1S(=O)(=O)N1CCC(Oc2cccc3cccnc23)CC1. The van der Waals surface area contributed by atoms with Crippen LogP contribution in [0.25, 0.3) is 10.9 Å². The Morgan fingerprint density at radius 2 is 1.79 bits per heavy atom. The molecule has 6 nitrogen and oxygen atoms in total. The van der Waals surface area contributed by atoms with Gasteiger partial charge in [0.1, 0.15) is 28.0 Å². The average molecular weight is 413 g/mol. The van der Waals surface area contributed by atoms with Crippen LogP contribution in [0.4, 0.5) is 0 Å². The maximum Gasteiger partial charge on any atom is 0.246 e. The molecule has 0 N–H and O–H groups in total. The maximum atomic E-state index is 13.2. The molecule has 0 aliphatic carbocycles. The minimum Gasteiger partial charge on any atom is -0.495 e. The molecule has 1 aliphatic heterocycles. The van der Waals surface area contributed by atoms with Crippen molar-refractivity contribution in [2.45, 2.75) is 30.8 Å². The molecule has 0 bridgehead atoms. The van der Waals surface area contributed by atoms with E-state index >= 15 is 0 Å². The van der Waals surface area contributed by atoms with Gasteiger partial charge in [-0.3, -0.25) is 4.98 Å². The number of nitrogens with zero attached hydrogens (tertiary/aromatic N) is 2. The summed E-state index contributed by atoms with van der Waals surface area (Å²) in [4.78, 5) is 4.64. The summed E-state index contributed by atoms with van der Waals surface area (Å²) in [5.41, 5.74) is 1.71. The van der Waals surface area contributed by atoms with E-state index in [0.29, 0.717) is 31.7 Å². The van der Waals surface area contributed by atoms with Crippen molar-refractivity contribution in [3.63, 3.8) is 0 Å². The fourth-order valence-electron chi connectivity index (χ4n) is 3.67. The Morgan fingerprint density at radius 1 is 1.03 bits per heavy atom. The molecular weight excluding hydrogens is 388 g/mol. The fourth-order valence-corrected chi connectivity index (χ4v) is 5.38. The molecule has 0 spiro atoms. The predicted molar refractivity (Wildman–Crippen MR) is 112 cm³/mol. The summed E-state index contributed by atoms with van der Waals surface area (Å²) in [6.45, 7) is 2.68. The summed E-state index contributed by atoms with van der Waals surface area (Å²) in [6.07, 6.45) is 2.95. The van der Waals surface area contributed by atoms with Crippen molar-refractivity contribution >= 4 is 20.9 Å². The topological polar surface area (TPSA) is 68.7 Å². The molecule has 29 heavy (non-hydrogen) atoms. The molecule has 2 aromatic carbocycles. The Labute approximate surface area is 171 Å². The highest BCUT2D eigenvalue weighted by molar-refractivity contribution is 7.89. The monoisotopic (exact) mass is 412 g/mol. The van der Waals surface area contributed by atoms with Crippen LogP contribution in [-0.4, -0.2) is 44.0 Å². The smallest absolute Gasteiger partial charge is 0.246 e. The molecule has 1 aromatic heterocycles. The number of pyridine rings is 1. The van der Waals surface area contributed by atoms with Gasteiger partial charge >= 0.3 is 0 Å². The Balaban J connectivity index is 1.49. The highest BCUT2D eigenvalue weighted by atomic mass is 32.2. The first kappa shape index (κ1) is 19.7. The zero-order chi connectivity index (χ0) is 20.4. The van der Waals surface area contributed by atoms with Crippen LogP contribution in [0.5, 0.6) is 11.5 Å². The average Bonchev–Trinajstić information content (AvgIpc) is 2.74. The van der Waals surface area contributed by atoms with E-state index in [1.807, 2.05) is 43.3 Å². The zero-order valence-corrected chi connectivity index (χ0v) is 17.4. The number of hydrogen-bond donors (Lipinski definition) is 0. The van der Waals surface area contributed by atoms with Gasteiger partial charge < -0.3 is 9.47 Å². The van der Waals surface area contributed by atoms with Crippen molar-refractivity contribution in [3.05, 3.63) is 60.3 Å². The number of aryl methyl sites for hydroxylation is 1. The van der Waals surface area contributed by atoms with Gasteiger partial charge in [-0.05, 0) is 49.6 Å². The van der Waals surface area contributed by atoms with Crippen molar-refractivity contribution in [2.75, 3.05) is 20.2 Å². The number of hydrogen-bond acceptors (Lipinski definition) is 5. The van der Waals surface area contributed by atoms with Gasteiger partial charge in [-0.15, -0.1) is 0 Å². The minimum atomic E-state index is -3.62. The maximum absolute atomic E-state index is 13.2. The molecule has 3 aromatic rings. The Kier molecular flexibility index (Phi) is 5.43. The number of benzene rings is 2. The van der Waals surface area contributed by atoms with Crippen molar-refractivity contribution in [1.82, 2.24) is 9.29 Å². The molecule has 1 aliphatic rings. The van der Waals surface area contributed by atoms with Gasteiger partial charge in [0.2, 0.25) is 10.0 Å². The Bertz CT molecular complexity index is 1120. The summed E-state index contributed by atoms with van der Waals surface area (Å²) in [7, 11) is -2.13. The van der Waals surface area contributed by atoms with Gasteiger partial charge in [0.25, 0.3) is 0 Å². The zero-order valence-electron chi connectivity index (χ0n) is 16.5. The molecule has 2 heterocycles. The normalized spacial score (nSPS) is 16.1. The number of methoxy groups -OCH3 is 1. The summed E-state index contributed by atoms with van der Waals surface area (Å²) < 4.78 is 39.3. The molecule has 4 rings (SSSR count). The van der Waals surface area contributed by atoms with E-state index in [-0.39, 0.29) is 11.0 Å². The Morgan fingerprint density at radius 3 is 2.55 bits per heavy atom. The number of rotatable bonds is 5. The first-order chi connectivity index (χ1) is 14.0. The van der Waals surface area contributed by atoms with E-state index in [9.17, 15) is 8.42 Å². The number of aromatic nitrogens is 1. The highest BCUT2D eigenvalue weighted by Crippen LogP contribution is 2.31.